The molecule has 0 fully saturated rings. The third-order valence-electron chi connectivity index (χ3n) is 13.4. The summed E-state index contributed by atoms with van der Waals surface area (Å²) in [7, 11) is 0. The summed E-state index contributed by atoms with van der Waals surface area (Å²) in [4.78, 5) is 2.36. The molecule has 0 spiro atoms. The molecule has 13 rings (SSSR count). The van der Waals surface area contributed by atoms with Crippen molar-refractivity contribution in [3.63, 3.8) is 0 Å². The fraction of sp³-hybridized carbons (Fsp3) is 0. The molecule has 0 aliphatic heterocycles. The van der Waals surface area contributed by atoms with Crippen molar-refractivity contribution >= 4 is 82.1 Å². The summed E-state index contributed by atoms with van der Waals surface area (Å²) in [5.41, 5.74) is 14.7. The minimum atomic E-state index is 0.876. The number of nitrogens with zero attached hydrogens (tertiary/aromatic N) is 1. The van der Waals surface area contributed by atoms with Gasteiger partial charge in [-0.25, -0.2) is 0 Å². The van der Waals surface area contributed by atoms with E-state index in [1.54, 1.807) is 0 Å². The van der Waals surface area contributed by atoms with E-state index in [4.69, 9.17) is 4.42 Å². The van der Waals surface area contributed by atoms with Gasteiger partial charge < -0.3 is 9.32 Å². The maximum Gasteiger partial charge on any atom is 0.143 e. The van der Waals surface area contributed by atoms with Crippen LogP contribution >= 0.6 is 0 Å². The Bertz CT molecular complexity index is 3960. The molecular formula is C64H41NO. The molecule has 0 saturated carbocycles. The normalized spacial score (nSPS) is 11.6. The average Bonchev–Trinajstić information content (AvgIpc) is 3.78. The third kappa shape index (κ3) is 6.26. The molecule has 13 aromatic rings. The highest BCUT2D eigenvalue weighted by Gasteiger charge is 2.20. The van der Waals surface area contributed by atoms with Crippen LogP contribution in [0.1, 0.15) is 0 Å². The number of furan rings is 1. The number of hydrogen-bond acceptors (Lipinski definition) is 2. The number of anilines is 3. The molecule has 0 bridgehead atoms. The molecule has 0 radical (unpaired) electrons. The van der Waals surface area contributed by atoms with Crippen molar-refractivity contribution in [3.8, 4) is 44.5 Å². The quantitative estimate of drug-likeness (QED) is 0.149. The van der Waals surface area contributed by atoms with Gasteiger partial charge in [0.15, 0.2) is 0 Å². The van der Waals surface area contributed by atoms with E-state index >= 15 is 0 Å². The van der Waals surface area contributed by atoms with Crippen molar-refractivity contribution in [1.29, 1.82) is 0 Å². The predicted octanol–water partition coefficient (Wildman–Crippen LogP) is 18.3. The highest BCUT2D eigenvalue weighted by molar-refractivity contribution is 6.22. The summed E-state index contributed by atoms with van der Waals surface area (Å²) in [5, 5.41) is 12.0. The summed E-state index contributed by atoms with van der Waals surface area (Å²) in [6, 6.07) is 90.2. The van der Waals surface area contributed by atoms with Crippen LogP contribution in [-0.2, 0) is 0 Å². The standard InChI is InChI=1S/C64H41NO/c1-3-16-46(17-4-1)62-57-24-12-11-23-55(57)56-37-31-48(40-60(56)63(62)47-18-5-2-6-19-47)42-26-32-49(33-27-42)65(50-34-28-45(29-35-50)53-25-13-20-43-14-7-9-21-52(43)53)51-36-39-61-59(41-51)58-38-30-44-15-8-10-22-54(44)64(58)66-61/h1-41H. The number of rotatable bonds is 7. The molecule has 0 saturated heterocycles. The van der Waals surface area contributed by atoms with E-state index in [2.05, 4.69) is 254 Å². The van der Waals surface area contributed by atoms with Gasteiger partial charge in [-0.1, -0.05) is 194 Å². The topological polar surface area (TPSA) is 16.4 Å². The predicted molar refractivity (Wildman–Crippen MR) is 280 cm³/mol. The molecule has 66 heavy (non-hydrogen) atoms. The molecule has 0 aliphatic rings. The van der Waals surface area contributed by atoms with Crippen molar-refractivity contribution in [2.24, 2.45) is 0 Å². The Balaban J connectivity index is 0.960. The Labute approximate surface area is 382 Å². The molecule has 12 aromatic carbocycles. The molecular weight excluding hydrogens is 799 g/mol. The van der Waals surface area contributed by atoms with Crippen LogP contribution < -0.4 is 4.90 Å². The number of benzene rings is 12. The molecule has 0 atom stereocenters. The highest BCUT2D eigenvalue weighted by atomic mass is 16.3. The first-order valence-corrected chi connectivity index (χ1v) is 22.7. The summed E-state index contributed by atoms with van der Waals surface area (Å²) < 4.78 is 6.58. The van der Waals surface area contributed by atoms with Crippen LogP contribution in [-0.4, -0.2) is 0 Å². The van der Waals surface area contributed by atoms with Crippen LogP contribution in [0, 0.1) is 0 Å². The summed E-state index contributed by atoms with van der Waals surface area (Å²) >= 11 is 0. The minimum Gasteiger partial charge on any atom is -0.455 e. The first-order chi connectivity index (χ1) is 32.7. The summed E-state index contributed by atoms with van der Waals surface area (Å²) in [6.45, 7) is 0. The molecule has 0 aliphatic carbocycles. The maximum atomic E-state index is 6.58. The van der Waals surface area contributed by atoms with Crippen molar-refractivity contribution in [2.75, 3.05) is 4.90 Å². The number of fused-ring (bicyclic) bond motifs is 9. The van der Waals surface area contributed by atoms with E-state index in [0.29, 0.717) is 0 Å². The van der Waals surface area contributed by atoms with Gasteiger partial charge in [0.2, 0.25) is 0 Å². The first-order valence-electron chi connectivity index (χ1n) is 22.7. The second-order valence-corrected chi connectivity index (χ2v) is 17.2. The molecule has 0 unspecified atom stereocenters. The second kappa shape index (κ2) is 15.5. The lowest BCUT2D eigenvalue weighted by Crippen LogP contribution is -2.09. The lowest BCUT2D eigenvalue weighted by atomic mass is 9.84. The first kappa shape index (κ1) is 37.8. The van der Waals surface area contributed by atoms with Crippen LogP contribution in [0.5, 0.6) is 0 Å². The van der Waals surface area contributed by atoms with Gasteiger partial charge >= 0.3 is 0 Å². The van der Waals surface area contributed by atoms with E-state index in [0.717, 1.165) is 50.0 Å². The molecule has 2 heteroatoms. The molecule has 1 heterocycles. The average molecular weight is 840 g/mol. The zero-order valence-electron chi connectivity index (χ0n) is 36.0. The van der Waals surface area contributed by atoms with E-state index in [-0.39, 0.29) is 0 Å². The van der Waals surface area contributed by atoms with Gasteiger partial charge in [-0.15, -0.1) is 0 Å². The largest absolute Gasteiger partial charge is 0.455 e. The van der Waals surface area contributed by atoms with Gasteiger partial charge in [-0.2, -0.15) is 0 Å². The van der Waals surface area contributed by atoms with E-state index < -0.39 is 0 Å². The van der Waals surface area contributed by atoms with E-state index in [1.807, 2.05) is 0 Å². The maximum absolute atomic E-state index is 6.58. The van der Waals surface area contributed by atoms with Crippen LogP contribution in [0.4, 0.5) is 17.1 Å². The fourth-order valence-electron chi connectivity index (χ4n) is 10.3. The van der Waals surface area contributed by atoms with Crippen LogP contribution in [0.15, 0.2) is 253 Å². The molecule has 1 aromatic heterocycles. The van der Waals surface area contributed by atoms with Gasteiger partial charge in [0.25, 0.3) is 0 Å². The van der Waals surface area contributed by atoms with Crippen LogP contribution in [0.2, 0.25) is 0 Å². The van der Waals surface area contributed by atoms with Gasteiger partial charge in [-0.3, -0.25) is 0 Å². The lowest BCUT2D eigenvalue weighted by Gasteiger charge is -2.26. The molecule has 2 nitrogen and oxygen atoms in total. The van der Waals surface area contributed by atoms with Crippen LogP contribution in [0.3, 0.4) is 0 Å². The van der Waals surface area contributed by atoms with Crippen molar-refractivity contribution < 1.29 is 4.42 Å². The Kier molecular flexibility index (Phi) is 8.89. The van der Waals surface area contributed by atoms with Gasteiger partial charge in [0, 0.05) is 33.2 Å². The molecule has 308 valence electrons. The van der Waals surface area contributed by atoms with Crippen molar-refractivity contribution in [2.45, 2.75) is 0 Å². The van der Waals surface area contributed by atoms with Crippen LogP contribution in [0.25, 0.3) is 110 Å². The Morgan fingerprint density at radius 3 is 1.48 bits per heavy atom. The zero-order chi connectivity index (χ0) is 43.6. The van der Waals surface area contributed by atoms with Gasteiger partial charge in [0.05, 0.1) is 0 Å². The molecule has 0 N–H and O–H groups in total. The minimum absolute atomic E-state index is 0.876. The summed E-state index contributed by atoms with van der Waals surface area (Å²) in [6.07, 6.45) is 0. The zero-order valence-corrected chi connectivity index (χ0v) is 36.0. The SMILES string of the molecule is c1ccc(-c2c(-c3ccccc3)c3cc(-c4ccc(N(c5ccc(-c6cccc7ccccc67)cc5)c5ccc6oc7c8ccccc8ccc7c6c5)cc4)ccc3c3ccccc23)cc1. The van der Waals surface area contributed by atoms with E-state index in [9.17, 15) is 0 Å². The summed E-state index contributed by atoms with van der Waals surface area (Å²) in [5.74, 6) is 0. The third-order valence-corrected chi connectivity index (χ3v) is 13.4. The Hall–Kier alpha value is -8.72. The Morgan fingerprint density at radius 2 is 0.773 bits per heavy atom. The Morgan fingerprint density at radius 1 is 0.258 bits per heavy atom. The monoisotopic (exact) mass is 839 g/mol. The van der Waals surface area contributed by atoms with E-state index in [1.165, 1.54) is 76.6 Å². The second-order valence-electron chi connectivity index (χ2n) is 17.2. The van der Waals surface area contributed by atoms with Crippen molar-refractivity contribution in [1.82, 2.24) is 0 Å². The lowest BCUT2D eigenvalue weighted by molar-refractivity contribution is 0.672. The van der Waals surface area contributed by atoms with Gasteiger partial charge in [-0.05, 0) is 137 Å². The van der Waals surface area contributed by atoms with Crippen molar-refractivity contribution in [3.05, 3.63) is 249 Å². The molecule has 0 amide bonds. The fourth-order valence-corrected chi connectivity index (χ4v) is 10.3. The smallest absolute Gasteiger partial charge is 0.143 e. The highest BCUT2D eigenvalue weighted by Crippen LogP contribution is 2.46. The number of hydrogen-bond donors (Lipinski definition) is 0. The van der Waals surface area contributed by atoms with Gasteiger partial charge in [0.1, 0.15) is 11.2 Å².